The maximum absolute atomic E-state index is 3.55. The molecule has 2 heteroatoms. The van der Waals surface area contributed by atoms with Gasteiger partial charge in [0.25, 0.3) is 0 Å². The molecule has 0 bridgehead atoms. The summed E-state index contributed by atoms with van der Waals surface area (Å²) >= 11 is 0. The Labute approximate surface area is 89.1 Å². The zero-order valence-electron chi connectivity index (χ0n) is 9.89. The highest BCUT2D eigenvalue weighted by Crippen LogP contribution is 2.09. The molecule has 0 aromatic heterocycles. The van der Waals surface area contributed by atoms with E-state index in [4.69, 9.17) is 0 Å². The molecule has 0 aromatic carbocycles. The smallest absolute Gasteiger partial charge is 0.00797 e. The molecule has 0 spiro atoms. The summed E-state index contributed by atoms with van der Waals surface area (Å²) in [6.07, 6.45) is 8.19. The van der Waals surface area contributed by atoms with Gasteiger partial charge in [-0.2, -0.15) is 0 Å². The molecule has 1 aliphatic heterocycles. The van der Waals surface area contributed by atoms with Gasteiger partial charge in [0.2, 0.25) is 0 Å². The van der Waals surface area contributed by atoms with Crippen molar-refractivity contribution in [1.82, 2.24) is 10.2 Å². The molecule has 0 aromatic rings. The lowest BCUT2D eigenvalue weighted by molar-refractivity contribution is 0.306. The Morgan fingerprint density at radius 1 is 1.29 bits per heavy atom. The Hall–Kier alpha value is -0.0800. The Kier molecular flexibility index (Phi) is 6.20. The van der Waals surface area contributed by atoms with Gasteiger partial charge in [0.1, 0.15) is 0 Å². The molecule has 1 fully saturated rings. The van der Waals surface area contributed by atoms with E-state index in [1.165, 1.54) is 58.2 Å². The van der Waals surface area contributed by atoms with Gasteiger partial charge in [0, 0.05) is 6.04 Å². The van der Waals surface area contributed by atoms with Crippen LogP contribution in [0.5, 0.6) is 0 Å². The van der Waals surface area contributed by atoms with E-state index in [0.717, 1.165) is 6.04 Å². The summed E-state index contributed by atoms with van der Waals surface area (Å²) in [6.45, 7) is 6.05. The lowest BCUT2D eigenvalue weighted by atomic mass is 10.1. The molecule has 1 saturated heterocycles. The van der Waals surface area contributed by atoms with Crippen LogP contribution in [0.15, 0.2) is 0 Å². The number of unbranched alkanes of at least 4 members (excludes halogenated alkanes) is 2. The second-order valence-electron chi connectivity index (χ2n) is 4.59. The molecule has 2 nitrogen and oxygen atoms in total. The minimum atomic E-state index is 0.809. The summed E-state index contributed by atoms with van der Waals surface area (Å²) in [4.78, 5) is 2.48. The lowest BCUT2D eigenvalue weighted by Gasteiger charge is -2.18. The van der Waals surface area contributed by atoms with Crippen molar-refractivity contribution >= 4 is 0 Å². The first-order valence-corrected chi connectivity index (χ1v) is 6.25. The molecule has 14 heavy (non-hydrogen) atoms. The minimum absolute atomic E-state index is 0.809. The summed E-state index contributed by atoms with van der Waals surface area (Å²) in [6, 6.07) is 0.809. The maximum atomic E-state index is 3.55. The van der Waals surface area contributed by atoms with Crippen LogP contribution in [0.25, 0.3) is 0 Å². The van der Waals surface area contributed by atoms with E-state index < -0.39 is 0 Å². The quantitative estimate of drug-likeness (QED) is 0.631. The third kappa shape index (κ3) is 4.97. The highest BCUT2D eigenvalue weighted by molar-refractivity contribution is 4.74. The normalized spacial score (nSPS) is 22.1. The van der Waals surface area contributed by atoms with E-state index in [0.29, 0.717) is 0 Å². The fraction of sp³-hybridized carbons (Fsp3) is 1.00. The Bertz CT molecular complexity index is 130. The van der Waals surface area contributed by atoms with Crippen molar-refractivity contribution in [2.24, 2.45) is 0 Å². The van der Waals surface area contributed by atoms with Crippen LogP contribution in [-0.2, 0) is 0 Å². The van der Waals surface area contributed by atoms with Crippen molar-refractivity contribution in [2.75, 3.05) is 26.7 Å². The van der Waals surface area contributed by atoms with Crippen LogP contribution in [0, 0.1) is 0 Å². The second-order valence-corrected chi connectivity index (χ2v) is 4.59. The molecule has 0 radical (unpaired) electrons. The molecule has 1 heterocycles. The van der Waals surface area contributed by atoms with E-state index in [2.05, 4.69) is 24.2 Å². The Balaban J connectivity index is 1.93. The van der Waals surface area contributed by atoms with Crippen molar-refractivity contribution in [1.29, 1.82) is 0 Å². The van der Waals surface area contributed by atoms with Crippen molar-refractivity contribution in [3.8, 4) is 0 Å². The summed E-state index contributed by atoms with van der Waals surface area (Å²) in [5.41, 5.74) is 0. The molecule has 1 N–H and O–H groups in total. The highest BCUT2D eigenvalue weighted by atomic mass is 15.1. The fourth-order valence-electron chi connectivity index (χ4n) is 2.12. The molecule has 84 valence electrons. The molecule has 1 atom stereocenters. The maximum Gasteiger partial charge on any atom is 0.00797 e. The third-order valence-corrected chi connectivity index (χ3v) is 3.17. The number of hydrogen-bond acceptors (Lipinski definition) is 2. The van der Waals surface area contributed by atoms with Crippen LogP contribution in [0.1, 0.15) is 45.4 Å². The van der Waals surface area contributed by atoms with Crippen LogP contribution in [0.2, 0.25) is 0 Å². The van der Waals surface area contributed by atoms with Gasteiger partial charge in [-0.1, -0.05) is 19.8 Å². The number of hydrogen-bond donors (Lipinski definition) is 1. The monoisotopic (exact) mass is 198 g/mol. The van der Waals surface area contributed by atoms with Gasteiger partial charge in [-0.3, -0.25) is 0 Å². The average molecular weight is 198 g/mol. The van der Waals surface area contributed by atoms with Gasteiger partial charge in [0.05, 0.1) is 0 Å². The zero-order valence-corrected chi connectivity index (χ0v) is 9.89. The summed E-state index contributed by atoms with van der Waals surface area (Å²) in [5, 5.41) is 3.55. The van der Waals surface area contributed by atoms with Crippen LogP contribution in [0.4, 0.5) is 0 Å². The van der Waals surface area contributed by atoms with Gasteiger partial charge in [-0.25, -0.2) is 0 Å². The standard InChI is InChI=1S/C12H26N2/c1-3-4-5-10-14(2)11-8-12-7-6-9-13-12/h12-13H,3-11H2,1-2H3. The molecule has 0 aliphatic carbocycles. The van der Waals surface area contributed by atoms with E-state index in [-0.39, 0.29) is 0 Å². The van der Waals surface area contributed by atoms with Crippen LogP contribution < -0.4 is 5.32 Å². The van der Waals surface area contributed by atoms with Crippen molar-refractivity contribution in [3.63, 3.8) is 0 Å². The van der Waals surface area contributed by atoms with Crippen LogP contribution >= 0.6 is 0 Å². The second kappa shape index (κ2) is 7.24. The van der Waals surface area contributed by atoms with Crippen molar-refractivity contribution in [3.05, 3.63) is 0 Å². The predicted octanol–water partition coefficient (Wildman–Crippen LogP) is 2.25. The number of rotatable bonds is 7. The number of nitrogens with one attached hydrogen (secondary N) is 1. The molecular weight excluding hydrogens is 172 g/mol. The minimum Gasteiger partial charge on any atom is -0.314 e. The molecule has 1 aliphatic rings. The van der Waals surface area contributed by atoms with E-state index in [1.807, 2.05) is 0 Å². The Morgan fingerprint density at radius 3 is 2.79 bits per heavy atom. The van der Waals surface area contributed by atoms with Gasteiger partial charge in [0.15, 0.2) is 0 Å². The van der Waals surface area contributed by atoms with Crippen molar-refractivity contribution < 1.29 is 0 Å². The van der Waals surface area contributed by atoms with Gasteiger partial charge in [-0.15, -0.1) is 0 Å². The summed E-state index contributed by atoms with van der Waals surface area (Å²) in [5.74, 6) is 0. The first kappa shape index (κ1) is 12.0. The molecular formula is C12H26N2. The third-order valence-electron chi connectivity index (χ3n) is 3.17. The highest BCUT2D eigenvalue weighted by Gasteiger charge is 2.13. The molecule has 1 rings (SSSR count). The first-order chi connectivity index (χ1) is 6.83. The zero-order chi connectivity index (χ0) is 10.2. The largest absolute Gasteiger partial charge is 0.314 e. The average Bonchev–Trinajstić information content (AvgIpc) is 2.68. The van der Waals surface area contributed by atoms with Gasteiger partial charge >= 0.3 is 0 Å². The predicted molar refractivity (Wildman–Crippen MR) is 62.7 cm³/mol. The van der Waals surface area contributed by atoms with Crippen LogP contribution in [0.3, 0.4) is 0 Å². The van der Waals surface area contributed by atoms with E-state index in [1.54, 1.807) is 0 Å². The SMILES string of the molecule is CCCCCN(C)CCC1CCCN1. The van der Waals surface area contributed by atoms with E-state index in [9.17, 15) is 0 Å². The van der Waals surface area contributed by atoms with Crippen molar-refractivity contribution in [2.45, 2.75) is 51.5 Å². The summed E-state index contributed by atoms with van der Waals surface area (Å²) in [7, 11) is 2.25. The molecule has 0 saturated carbocycles. The summed E-state index contributed by atoms with van der Waals surface area (Å²) < 4.78 is 0. The fourth-order valence-corrected chi connectivity index (χ4v) is 2.12. The van der Waals surface area contributed by atoms with Gasteiger partial charge in [-0.05, 0) is 52.4 Å². The molecule has 0 amide bonds. The topological polar surface area (TPSA) is 15.3 Å². The van der Waals surface area contributed by atoms with Gasteiger partial charge < -0.3 is 10.2 Å². The molecule has 1 unspecified atom stereocenters. The number of nitrogens with zero attached hydrogens (tertiary/aromatic N) is 1. The first-order valence-electron chi connectivity index (χ1n) is 6.25. The Morgan fingerprint density at radius 2 is 2.14 bits per heavy atom. The lowest BCUT2D eigenvalue weighted by Crippen LogP contribution is -2.29. The van der Waals surface area contributed by atoms with E-state index >= 15 is 0 Å². The van der Waals surface area contributed by atoms with Crippen LogP contribution in [-0.4, -0.2) is 37.6 Å².